The molecule has 0 spiro atoms. The third-order valence-electron chi connectivity index (χ3n) is 5.36. The maximum Gasteiger partial charge on any atom is 0.246 e. The molecule has 0 radical (unpaired) electrons. The maximum atomic E-state index is 12.6. The van der Waals surface area contributed by atoms with Gasteiger partial charge in [0.05, 0.1) is 5.52 Å². The first kappa shape index (κ1) is 17.5. The van der Waals surface area contributed by atoms with Gasteiger partial charge in [-0.1, -0.05) is 54.6 Å². The van der Waals surface area contributed by atoms with Crippen LogP contribution >= 0.6 is 0 Å². The van der Waals surface area contributed by atoms with E-state index in [1.54, 1.807) is 12.3 Å². The van der Waals surface area contributed by atoms with Crippen LogP contribution < -0.4 is 0 Å². The van der Waals surface area contributed by atoms with E-state index >= 15 is 0 Å². The lowest BCUT2D eigenvalue weighted by Crippen LogP contribution is -2.37. The predicted molar refractivity (Wildman–Crippen MR) is 110 cm³/mol. The molecule has 0 atom stereocenters. The fraction of sp³-hybridized carbons (Fsp3) is 0.250. The number of aromatic nitrogens is 1. The molecule has 1 fully saturated rings. The molecular weight excluding hydrogens is 332 g/mol. The molecule has 1 amide bonds. The molecule has 2 aromatic carbocycles. The first-order valence-corrected chi connectivity index (χ1v) is 9.64. The number of benzene rings is 2. The molecule has 27 heavy (non-hydrogen) atoms. The van der Waals surface area contributed by atoms with Gasteiger partial charge in [-0.25, -0.2) is 0 Å². The fourth-order valence-electron chi connectivity index (χ4n) is 3.83. The zero-order valence-electron chi connectivity index (χ0n) is 15.4. The van der Waals surface area contributed by atoms with Gasteiger partial charge in [0.15, 0.2) is 0 Å². The molecule has 3 aromatic rings. The van der Waals surface area contributed by atoms with Crippen molar-refractivity contribution in [3.63, 3.8) is 0 Å². The average Bonchev–Trinajstić information content (AvgIpc) is 2.73. The Bertz CT molecular complexity index is 936. The van der Waals surface area contributed by atoms with E-state index in [-0.39, 0.29) is 5.91 Å². The lowest BCUT2D eigenvalue weighted by molar-refractivity contribution is -0.127. The van der Waals surface area contributed by atoms with E-state index < -0.39 is 0 Å². The molecule has 0 saturated carbocycles. The number of piperidine rings is 1. The molecule has 1 saturated heterocycles. The highest BCUT2D eigenvalue weighted by molar-refractivity contribution is 5.95. The average molecular weight is 356 g/mol. The second-order valence-corrected chi connectivity index (χ2v) is 7.21. The first-order valence-electron chi connectivity index (χ1n) is 9.64. The highest BCUT2D eigenvalue weighted by Crippen LogP contribution is 2.22. The first-order chi connectivity index (χ1) is 13.3. The predicted octanol–water partition coefficient (Wildman–Crippen LogP) is 4.73. The SMILES string of the molecule is O=C(/C=C/c1cccc2cccnc12)N1CCC(Cc2ccccc2)CC1. The number of hydrogen-bond donors (Lipinski definition) is 0. The number of fused-ring (bicyclic) bond motifs is 1. The minimum atomic E-state index is 0.0982. The Labute approximate surface area is 160 Å². The highest BCUT2D eigenvalue weighted by atomic mass is 16.2. The topological polar surface area (TPSA) is 33.2 Å². The number of hydrogen-bond acceptors (Lipinski definition) is 2. The molecule has 1 aliphatic heterocycles. The van der Waals surface area contributed by atoms with Crippen LogP contribution in [-0.2, 0) is 11.2 Å². The van der Waals surface area contributed by atoms with Gasteiger partial charge in [0.2, 0.25) is 5.91 Å². The zero-order valence-corrected chi connectivity index (χ0v) is 15.4. The summed E-state index contributed by atoms with van der Waals surface area (Å²) < 4.78 is 0. The third kappa shape index (κ3) is 4.25. The van der Waals surface area contributed by atoms with Crippen molar-refractivity contribution in [3.8, 4) is 0 Å². The highest BCUT2D eigenvalue weighted by Gasteiger charge is 2.21. The quantitative estimate of drug-likeness (QED) is 0.633. The van der Waals surface area contributed by atoms with E-state index in [1.165, 1.54) is 5.56 Å². The number of nitrogens with zero attached hydrogens (tertiary/aromatic N) is 2. The van der Waals surface area contributed by atoms with Gasteiger partial charge in [0.1, 0.15) is 0 Å². The Morgan fingerprint density at radius 3 is 2.59 bits per heavy atom. The van der Waals surface area contributed by atoms with Crippen LogP contribution in [0.1, 0.15) is 24.0 Å². The van der Waals surface area contributed by atoms with Crippen molar-refractivity contribution in [2.24, 2.45) is 5.92 Å². The summed E-state index contributed by atoms with van der Waals surface area (Å²) in [5.41, 5.74) is 3.32. The van der Waals surface area contributed by atoms with Gasteiger partial charge >= 0.3 is 0 Å². The molecule has 0 N–H and O–H groups in total. The molecule has 0 bridgehead atoms. The lowest BCUT2D eigenvalue weighted by atomic mass is 9.90. The number of carbonyl (C=O) groups is 1. The Morgan fingerprint density at radius 1 is 1.00 bits per heavy atom. The summed E-state index contributed by atoms with van der Waals surface area (Å²) >= 11 is 0. The maximum absolute atomic E-state index is 12.6. The number of pyridine rings is 1. The molecule has 0 aliphatic carbocycles. The van der Waals surface area contributed by atoms with E-state index in [2.05, 4.69) is 35.3 Å². The lowest BCUT2D eigenvalue weighted by Gasteiger charge is -2.31. The van der Waals surface area contributed by atoms with E-state index in [4.69, 9.17) is 0 Å². The second kappa shape index (κ2) is 8.17. The van der Waals surface area contributed by atoms with Crippen molar-refractivity contribution in [2.75, 3.05) is 13.1 Å². The van der Waals surface area contributed by atoms with Crippen LogP contribution in [0.15, 0.2) is 72.9 Å². The summed E-state index contributed by atoms with van der Waals surface area (Å²) in [6, 6.07) is 20.7. The number of rotatable bonds is 4. The smallest absolute Gasteiger partial charge is 0.246 e. The van der Waals surface area contributed by atoms with Crippen molar-refractivity contribution in [3.05, 3.63) is 84.1 Å². The van der Waals surface area contributed by atoms with Gasteiger partial charge in [-0.3, -0.25) is 9.78 Å². The van der Waals surface area contributed by atoms with Crippen molar-refractivity contribution < 1.29 is 4.79 Å². The van der Waals surface area contributed by atoms with E-state index in [1.807, 2.05) is 41.3 Å². The largest absolute Gasteiger partial charge is 0.339 e. The Balaban J connectivity index is 1.36. The second-order valence-electron chi connectivity index (χ2n) is 7.21. The van der Waals surface area contributed by atoms with Crippen molar-refractivity contribution >= 4 is 22.9 Å². The van der Waals surface area contributed by atoms with Crippen LogP contribution in [-0.4, -0.2) is 28.9 Å². The number of para-hydroxylation sites is 1. The Hall–Kier alpha value is -2.94. The summed E-state index contributed by atoms with van der Waals surface area (Å²) in [5.74, 6) is 0.767. The third-order valence-corrected chi connectivity index (χ3v) is 5.36. The van der Waals surface area contributed by atoms with Gasteiger partial charge in [-0.2, -0.15) is 0 Å². The van der Waals surface area contributed by atoms with Gasteiger partial charge in [0, 0.05) is 36.3 Å². The van der Waals surface area contributed by atoms with Gasteiger partial charge in [0.25, 0.3) is 0 Å². The molecule has 2 heterocycles. The number of likely N-dealkylation sites (tertiary alicyclic amines) is 1. The van der Waals surface area contributed by atoms with Crippen LogP contribution in [0.2, 0.25) is 0 Å². The molecule has 3 heteroatoms. The van der Waals surface area contributed by atoms with Crippen LogP contribution in [0.4, 0.5) is 0 Å². The van der Waals surface area contributed by atoms with Gasteiger partial charge in [-0.15, -0.1) is 0 Å². The summed E-state index contributed by atoms with van der Waals surface area (Å²) in [4.78, 5) is 19.0. The molecule has 4 rings (SSSR count). The summed E-state index contributed by atoms with van der Waals surface area (Å²) in [6.45, 7) is 1.68. The standard InChI is InChI=1S/C24H24N2O/c27-23(12-11-22-9-4-8-21-10-5-15-25-24(21)22)26-16-13-20(14-17-26)18-19-6-2-1-3-7-19/h1-12,15,20H,13-14,16-18H2/b12-11+. The molecular formula is C24H24N2O. The normalized spacial score (nSPS) is 15.5. The van der Waals surface area contributed by atoms with Gasteiger partial charge in [-0.05, 0) is 42.9 Å². The monoisotopic (exact) mass is 356 g/mol. The van der Waals surface area contributed by atoms with E-state index in [0.717, 1.165) is 48.8 Å². The van der Waals surface area contributed by atoms with Crippen molar-refractivity contribution in [2.45, 2.75) is 19.3 Å². The van der Waals surface area contributed by atoms with Gasteiger partial charge < -0.3 is 4.90 Å². The minimum absolute atomic E-state index is 0.0982. The zero-order chi connectivity index (χ0) is 18.5. The molecule has 1 aromatic heterocycles. The van der Waals surface area contributed by atoms with Crippen LogP contribution in [0.3, 0.4) is 0 Å². The molecule has 1 aliphatic rings. The summed E-state index contributed by atoms with van der Waals surface area (Å²) in [6.07, 6.45) is 8.64. The Kier molecular flexibility index (Phi) is 5.29. The van der Waals surface area contributed by atoms with E-state index in [9.17, 15) is 4.79 Å². The molecule has 3 nitrogen and oxygen atoms in total. The van der Waals surface area contributed by atoms with Crippen molar-refractivity contribution in [1.29, 1.82) is 0 Å². The van der Waals surface area contributed by atoms with Crippen LogP contribution in [0, 0.1) is 5.92 Å². The fourth-order valence-corrected chi connectivity index (χ4v) is 3.83. The van der Waals surface area contributed by atoms with Crippen LogP contribution in [0.5, 0.6) is 0 Å². The van der Waals surface area contributed by atoms with Crippen molar-refractivity contribution in [1.82, 2.24) is 9.88 Å². The van der Waals surface area contributed by atoms with Crippen LogP contribution in [0.25, 0.3) is 17.0 Å². The summed E-state index contributed by atoms with van der Waals surface area (Å²) in [7, 11) is 0. The molecule has 0 unspecified atom stereocenters. The minimum Gasteiger partial charge on any atom is -0.339 e. The Morgan fingerprint density at radius 2 is 1.78 bits per heavy atom. The summed E-state index contributed by atoms with van der Waals surface area (Å²) in [5, 5.41) is 1.09. The number of amides is 1. The number of carbonyl (C=O) groups excluding carboxylic acids is 1. The van der Waals surface area contributed by atoms with E-state index in [0.29, 0.717) is 5.92 Å². The molecule has 136 valence electrons.